The van der Waals surface area contributed by atoms with E-state index < -0.39 is 0 Å². The molecule has 1 amide bonds. The lowest BCUT2D eigenvalue weighted by Crippen LogP contribution is -2.45. The molecule has 22 heavy (non-hydrogen) atoms. The lowest BCUT2D eigenvalue weighted by atomic mass is 10.0. The Morgan fingerprint density at radius 1 is 1.32 bits per heavy atom. The molecule has 0 unspecified atom stereocenters. The van der Waals surface area contributed by atoms with E-state index in [1.54, 1.807) is 17.0 Å². The average Bonchev–Trinajstić information content (AvgIpc) is 2.94. The lowest BCUT2D eigenvalue weighted by molar-refractivity contribution is 0.0917. The second-order valence-corrected chi connectivity index (χ2v) is 5.94. The zero-order valence-electron chi connectivity index (χ0n) is 13.1. The fourth-order valence-corrected chi connectivity index (χ4v) is 2.94. The van der Waals surface area contributed by atoms with E-state index in [2.05, 4.69) is 46.4 Å². The first-order valence-corrected chi connectivity index (χ1v) is 7.73. The van der Waals surface area contributed by atoms with E-state index in [9.17, 15) is 4.79 Å². The van der Waals surface area contributed by atoms with Gasteiger partial charge in [-0.2, -0.15) is 0 Å². The standard InChI is InChI=1S/C17H22N4O/c1-13-4-3-5-15(12-13)21-9-6-14(7-10-21)19-17(22)16-18-8-11-20(16)2/h3-5,8,11-12,14H,6-7,9-10H2,1-2H3,(H,19,22). The molecule has 1 saturated heterocycles. The second kappa shape index (κ2) is 6.22. The predicted octanol–water partition coefficient (Wildman–Crippen LogP) is 2.13. The van der Waals surface area contributed by atoms with Gasteiger partial charge in [-0.05, 0) is 37.5 Å². The molecule has 1 aromatic heterocycles. The highest BCUT2D eigenvalue weighted by molar-refractivity contribution is 5.90. The van der Waals surface area contributed by atoms with E-state index >= 15 is 0 Å². The Balaban J connectivity index is 1.56. The predicted molar refractivity (Wildman–Crippen MR) is 87.1 cm³/mol. The summed E-state index contributed by atoms with van der Waals surface area (Å²) in [7, 11) is 1.84. The van der Waals surface area contributed by atoms with Crippen LogP contribution in [0.1, 0.15) is 29.0 Å². The minimum atomic E-state index is -0.0819. The van der Waals surface area contributed by atoms with Crippen LogP contribution in [0.15, 0.2) is 36.7 Å². The van der Waals surface area contributed by atoms with Crippen LogP contribution in [0, 0.1) is 6.92 Å². The number of hydrogen-bond acceptors (Lipinski definition) is 3. The summed E-state index contributed by atoms with van der Waals surface area (Å²) in [5.74, 6) is 0.391. The normalized spacial score (nSPS) is 15.8. The van der Waals surface area contributed by atoms with Crippen molar-refractivity contribution in [2.45, 2.75) is 25.8 Å². The number of carbonyl (C=O) groups is 1. The van der Waals surface area contributed by atoms with Crippen LogP contribution in [0.5, 0.6) is 0 Å². The maximum Gasteiger partial charge on any atom is 0.287 e. The number of nitrogens with zero attached hydrogens (tertiary/aromatic N) is 3. The summed E-state index contributed by atoms with van der Waals surface area (Å²) in [6, 6.07) is 8.81. The molecule has 2 aromatic rings. The number of amides is 1. The fraction of sp³-hybridized carbons (Fsp3) is 0.412. The molecule has 5 heteroatoms. The highest BCUT2D eigenvalue weighted by Gasteiger charge is 2.22. The van der Waals surface area contributed by atoms with Gasteiger partial charge in [-0.1, -0.05) is 12.1 Å². The lowest BCUT2D eigenvalue weighted by Gasteiger charge is -2.34. The molecular formula is C17H22N4O. The van der Waals surface area contributed by atoms with Gasteiger partial charge in [0.2, 0.25) is 0 Å². The fourth-order valence-electron chi connectivity index (χ4n) is 2.94. The third-order valence-corrected chi connectivity index (χ3v) is 4.22. The maximum absolute atomic E-state index is 12.2. The van der Waals surface area contributed by atoms with Crippen LogP contribution in [-0.4, -0.2) is 34.6 Å². The zero-order chi connectivity index (χ0) is 15.5. The van der Waals surface area contributed by atoms with Crippen molar-refractivity contribution in [1.29, 1.82) is 0 Å². The van der Waals surface area contributed by atoms with Crippen molar-refractivity contribution in [2.75, 3.05) is 18.0 Å². The number of nitrogens with one attached hydrogen (secondary N) is 1. The van der Waals surface area contributed by atoms with E-state index in [0.717, 1.165) is 25.9 Å². The van der Waals surface area contributed by atoms with Gasteiger partial charge < -0.3 is 14.8 Å². The molecule has 1 aliphatic rings. The summed E-state index contributed by atoms with van der Waals surface area (Å²) in [6.45, 7) is 4.05. The molecule has 0 radical (unpaired) electrons. The van der Waals surface area contributed by atoms with E-state index in [1.165, 1.54) is 11.3 Å². The smallest absolute Gasteiger partial charge is 0.287 e. The first-order chi connectivity index (χ1) is 10.6. The van der Waals surface area contributed by atoms with E-state index in [0.29, 0.717) is 5.82 Å². The quantitative estimate of drug-likeness (QED) is 0.944. The molecule has 1 fully saturated rings. The second-order valence-electron chi connectivity index (χ2n) is 5.94. The number of aromatic nitrogens is 2. The Labute approximate surface area is 131 Å². The number of carbonyl (C=O) groups excluding carboxylic acids is 1. The molecule has 1 aromatic carbocycles. The van der Waals surface area contributed by atoms with Gasteiger partial charge >= 0.3 is 0 Å². The molecule has 0 atom stereocenters. The van der Waals surface area contributed by atoms with Crippen molar-refractivity contribution in [2.24, 2.45) is 7.05 Å². The van der Waals surface area contributed by atoms with Gasteiger partial charge in [0.25, 0.3) is 5.91 Å². The van der Waals surface area contributed by atoms with Gasteiger partial charge in [-0.15, -0.1) is 0 Å². The number of rotatable bonds is 3. The van der Waals surface area contributed by atoms with Crippen LogP contribution in [0.4, 0.5) is 5.69 Å². The van der Waals surface area contributed by atoms with Crippen LogP contribution in [-0.2, 0) is 7.05 Å². The maximum atomic E-state index is 12.2. The molecule has 5 nitrogen and oxygen atoms in total. The largest absolute Gasteiger partial charge is 0.371 e. The van der Waals surface area contributed by atoms with Crippen molar-refractivity contribution in [3.8, 4) is 0 Å². The first-order valence-electron chi connectivity index (χ1n) is 7.73. The van der Waals surface area contributed by atoms with E-state index in [-0.39, 0.29) is 11.9 Å². The minimum Gasteiger partial charge on any atom is -0.371 e. The molecule has 0 aliphatic carbocycles. The minimum absolute atomic E-state index is 0.0819. The molecule has 1 aliphatic heterocycles. The van der Waals surface area contributed by atoms with E-state index in [1.807, 2.05) is 7.05 Å². The van der Waals surface area contributed by atoms with Crippen LogP contribution in [0.25, 0.3) is 0 Å². The van der Waals surface area contributed by atoms with Crippen molar-refractivity contribution in [3.63, 3.8) is 0 Å². The number of hydrogen-bond donors (Lipinski definition) is 1. The van der Waals surface area contributed by atoms with Crippen molar-refractivity contribution in [1.82, 2.24) is 14.9 Å². The van der Waals surface area contributed by atoms with E-state index in [4.69, 9.17) is 0 Å². The summed E-state index contributed by atoms with van der Waals surface area (Å²) in [4.78, 5) is 18.7. The Hall–Kier alpha value is -2.30. The first kappa shape index (κ1) is 14.6. The number of benzene rings is 1. The summed E-state index contributed by atoms with van der Waals surface area (Å²) in [5, 5.41) is 3.10. The average molecular weight is 298 g/mol. The summed E-state index contributed by atoms with van der Waals surface area (Å²) < 4.78 is 1.75. The monoisotopic (exact) mass is 298 g/mol. The number of imidazole rings is 1. The van der Waals surface area contributed by atoms with Gasteiger partial charge in [0.1, 0.15) is 0 Å². The van der Waals surface area contributed by atoms with Crippen LogP contribution >= 0.6 is 0 Å². The van der Waals surface area contributed by atoms with Crippen LogP contribution in [0.3, 0.4) is 0 Å². The van der Waals surface area contributed by atoms with Crippen molar-refractivity contribution >= 4 is 11.6 Å². The molecule has 0 saturated carbocycles. The number of piperidine rings is 1. The summed E-state index contributed by atoms with van der Waals surface area (Å²) in [6.07, 6.45) is 5.36. The molecule has 1 N–H and O–H groups in total. The zero-order valence-corrected chi connectivity index (χ0v) is 13.1. The number of aryl methyl sites for hydroxylation is 2. The summed E-state index contributed by atoms with van der Waals surface area (Å²) in [5.41, 5.74) is 2.55. The highest BCUT2D eigenvalue weighted by Crippen LogP contribution is 2.21. The van der Waals surface area contributed by atoms with Gasteiger partial charge in [-0.3, -0.25) is 4.79 Å². The molecule has 116 valence electrons. The summed E-state index contributed by atoms with van der Waals surface area (Å²) >= 11 is 0. The van der Waals surface area contributed by atoms with Crippen LogP contribution in [0.2, 0.25) is 0 Å². The van der Waals surface area contributed by atoms with Gasteiger partial charge in [-0.25, -0.2) is 4.98 Å². The molecule has 3 rings (SSSR count). The van der Waals surface area contributed by atoms with Crippen molar-refractivity contribution in [3.05, 3.63) is 48.0 Å². The topological polar surface area (TPSA) is 50.2 Å². The Bertz CT molecular complexity index is 656. The van der Waals surface area contributed by atoms with Gasteiger partial charge in [0.15, 0.2) is 5.82 Å². The third kappa shape index (κ3) is 3.13. The Kier molecular flexibility index (Phi) is 4.13. The molecular weight excluding hydrogens is 276 g/mol. The van der Waals surface area contributed by atoms with Crippen molar-refractivity contribution < 1.29 is 4.79 Å². The van der Waals surface area contributed by atoms with Gasteiger partial charge in [0, 0.05) is 44.3 Å². The van der Waals surface area contributed by atoms with Crippen LogP contribution < -0.4 is 10.2 Å². The Morgan fingerprint density at radius 3 is 2.73 bits per heavy atom. The molecule has 0 spiro atoms. The molecule has 0 bridgehead atoms. The highest BCUT2D eigenvalue weighted by atomic mass is 16.2. The Morgan fingerprint density at radius 2 is 2.09 bits per heavy atom. The third-order valence-electron chi connectivity index (χ3n) is 4.22. The van der Waals surface area contributed by atoms with Gasteiger partial charge in [0.05, 0.1) is 0 Å². The SMILES string of the molecule is Cc1cccc(N2CCC(NC(=O)c3nccn3C)CC2)c1. The molecule has 2 heterocycles. The number of anilines is 1.